The molecule has 0 aromatic heterocycles. The second-order valence-electron chi connectivity index (χ2n) is 7.19. The van der Waals surface area contributed by atoms with E-state index in [1.54, 1.807) is 4.90 Å². The van der Waals surface area contributed by atoms with Crippen LogP contribution in [0.15, 0.2) is 54.6 Å². The number of hydrogen-bond donors (Lipinski definition) is 1. The van der Waals surface area contributed by atoms with E-state index < -0.39 is 6.04 Å². The van der Waals surface area contributed by atoms with Crippen LogP contribution in [-0.4, -0.2) is 28.8 Å². The molecular weight excluding hydrogens is 372 g/mol. The molecule has 4 nitrogen and oxygen atoms in total. The molecule has 2 amide bonds. The Morgan fingerprint density at radius 2 is 1.68 bits per heavy atom. The van der Waals surface area contributed by atoms with Crippen molar-refractivity contribution in [1.82, 2.24) is 10.2 Å². The van der Waals surface area contributed by atoms with Gasteiger partial charge in [-0.3, -0.25) is 9.59 Å². The lowest BCUT2D eigenvalue weighted by atomic mass is 10.1. The van der Waals surface area contributed by atoms with E-state index in [0.717, 1.165) is 11.1 Å². The summed E-state index contributed by atoms with van der Waals surface area (Å²) in [5.74, 6) is -0.158. The molecule has 0 spiro atoms. The third-order valence-corrected chi connectivity index (χ3v) is 4.95. The average Bonchev–Trinajstić information content (AvgIpc) is 2.67. The van der Waals surface area contributed by atoms with Gasteiger partial charge >= 0.3 is 0 Å². The lowest BCUT2D eigenvalue weighted by Gasteiger charge is -2.31. The summed E-state index contributed by atoms with van der Waals surface area (Å²) in [7, 11) is 0. The highest BCUT2D eigenvalue weighted by Crippen LogP contribution is 2.19. The molecule has 0 aliphatic rings. The molecule has 0 bridgehead atoms. The SMILES string of the molecule is CC[C@H](C(=O)NC(C)C)N(Cc1ccccc1)C(=O)CCc1ccccc1Cl. The summed E-state index contributed by atoms with van der Waals surface area (Å²) in [4.78, 5) is 27.5. The molecule has 2 aromatic rings. The van der Waals surface area contributed by atoms with Gasteiger partial charge in [0, 0.05) is 24.0 Å². The summed E-state index contributed by atoms with van der Waals surface area (Å²) in [6.07, 6.45) is 1.41. The molecule has 5 heteroatoms. The summed E-state index contributed by atoms with van der Waals surface area (Å²) in [6, 6.07) is 16.8. The molecule has 0 aliphatic heterocycles. The van der Waals surface area contributed by atoms with Gasteiger partial charge in [0.25, 0.3) is 0 Å². The van der Waals surface area contributed by atoms with Gasteiger partial charge in [-0.15, -0.1) is 0 Å². The number of nitrogens with one attached hydrogen (secondary N) is 1. The van der Waals surface area contributed by atoms with E-state index in [0.29, 0.717) is 30.8 Å². The Balaban J connectivity index is 2.19. The third-order valence-electron chi connectivity index (χ3n) is 4.58. The van der Waals surface area contributed by atoms with E-state index in [-0.39, 0.29) is 17.9 Å². The average molecular weight is 401 g/mol. The second-order valence-corrected chi connectivity index (χ2v) is 7.59. The Kier molecular flexibility index (Phi) is 8.52. The zero-order valence-corrected chi connectivity index (χ0v) is 17.6. The van der Waals surface area contributed by atoms with Crippen molar-refractivity contribution in [3.63, 3.8) is 0 Å². The number of carbonyl (C=O) groups is 2. The predicted octanol–water partition coefficient (Wildman–Crippen LogP) is 4.60. The number of amides is 2. The van der Waals surface area contributed by atoms with Gasteiger partial charge in [-0.05, 0) is 43.9 Å². The van der Waals surface area contributed by atoms with Crippen molar-refractivity contribution in [2.45, 2.75) is 58.7 Å². The Labute approximate surface area is 172 Å². The number of hydrogen-bond acceptors (Lipinski definition) is 2. The van der Waals surface area contributed by atoms with Crippen LogP contribution in [0.3, 0.4) is 0 Å². The van der Waals surface area contributed by atoms with E-state index in [2.05, 4.69) is 5.32 Å². The van der Waals surface area contributed by atoms with Crippen molar-refractivity contribution in [3.8, 4) is 0 Å². The molecule has 0 fully saturated rings. The summed E-state index contributed by atoms with van der Waals surface area (Å²) >= 11 is 6.23. The maximum Gasteiger partial charge on any atom is 0.243 e. The molecule has 150 valence electrons. The molecule has 0 heterocycles. The number of aryl methyl sites for hydroxylation is 1. The fourth-order valence-corrected chi connectivity index (χ4v) is 3.40. The fourth-order valence-electron chi connectivity index (χ4n) is 3.17. The van der Waals surface area contributed by atoms with Crippen LogP contribution >= 0.6 is 11.6 Å². The van der Waals surface area contributed by atoms with Gasteiger partial charge in [-0.1, -0.05) is 67.1 Å². The highest BCUT2D eigenvalue weighted by atomic mass is 35.5. The molecule has 2 aromatic carbocycles. The highest BCUT2D eigenvalue weighted by Gasteiger charge is 2.28. The van der Waals surface area contributed by atoms with Gasteiger partial charge in [0.05, 0.1) is 0 Å². The van der Waals surface area contributed by atoms with Gasteiger partial charge in [0.15, 0.2) is 0 Å². The highest BCUT2D eigenvalue weighted by molar-refractivity contribution is 6.31. The topological polar surface area (TPSA) is 49.4 Å². The molecule has 0 aliphatic carbocycles. The van der Waals surface area contributed by atoms with Crippen molar-refractivity contribution in [2.75, 3.05) is 0 Å². The van der Waals surface area contributed by atoms with Gasteiger partial charge < -0.3 is 10.2 Å². The number of rotatable bonds is 9. The zero-order chi connectivity index (χ0) is 20.5. The summed E-state index contributed by atoms with van der Waals surface area (Å²) < 4.78 is 0. The lowest BCUT2D eigenvalue weighted by Crippen LogP contribution is -2.50. The quantitative estimate of drug-likeness (QED) is 0.668. The van der Waals surface area contributed by atoms with Crippen LogP contribution in [-0.2, 0) is 22.6 Å². The molecule has 1 N–H and O–H groups in total. The number of halogens is 1. The van der Waals surface area contributed by atoms with Crippen LogP contribution in [0.1, 0.15) is 44.7 Å². The minimum absolute atomic E-state index is 0.0263. The molecule has 28 heavy (non-hydrogen) atoms. The molecular formula is C23H29ClN2O2. The summed E-state index contributed by atoms with van der Waals surface area (Å²) in [5.41, 5.74) is 1.95. The number of nitrogens with zero attached hydrogens (tertiary/aromatic N) is 1. The zero-order valence-electron chi connectivity index (χ0n) is 16.8. The Bertz CT molecular complexity index is 777. The first-order valence-corrected chi connectivity index (χ1v) is 10.2. The maximum absolute atomic E-state index is 13.1. The van der Waals surface area contributed by atoms with E-state index >= 15 is 0 Å². The van der Waals surface area contributed by atoms with Gasteiger partial charge in [-0.2, -0.15) is 0 Å². The normalized spacial score (nSPS) is 11.9. The number of benzene rings is 2. The lowest BCUT2D eigenvalue weighted by molar-refractivity contribution is -0.141. The van der Waals surface area contributed by atoms with Crippen molar-refractivity contribution >= 4 is 23.4 Å². The Morgan fingerprint density at radius 3 is 2.29 bits per heavy atom. The standard InChI is InChI=1S/C23H29ClN2O2/c1-4-21(23(28)25-17(2)3)26(16-18-10-6-5-7-11-18)22(27)15-14-19-12-8-9-13-20(19)24/h5-13,17,21H,4,14-16H2,1-3H3,(H,25,28)/t21-/m1/s1. The molecule has 0 unspecified atom stereocenters. The predicted molar refractivity (Wildman–Crippen MR) is 114 cm³/mol. The van der Waals surface area contributed by atoms with Crippen LogP contribution in [0, 0.1) is 0 Å². The minimum Gasteiger partial charge on any atom is -0.352 e. The summed E-state index contributed by atoms with van der Waals surface area (Å²) in [5, 5.41) is 3.61. The van der Waals surface area contributed by atoms with E-state index in [9.17, 15) is 9.59 Å². The Morgan fingerprint density at radius 1 is 1.04 bits per heavy atom. The first-order valence-electron chi connectivity index (χ1n) is 9.79. The van der Waals surface area contributed by atoms with Crippen LogP contribution in [0.2, 0.25) is 5.02 Å². The molecule has 0 radical (unpaired) electrons. The van der Waals surface area contributed by atoms with Crippen molar-refractivity contribution in [3.05, 3.63) is 70.7 Å². The second kappa shape index (κ2) is 10.9. The minimum atomic E-state index is -0.499. The summed E-state index contributed by atoms with van der Waals surface area (Å²) in [6.45, 7) is 6.19. The molecule has 0 saturated heterocycles. The van der Waals surface area contributed by atoms with Gasteiger partial charge in [-0.25, -0.2) is 0 Å². The van der Waals surface area contributed by atoms with Crippen molar-refractivity contribution < 1.29 is 9.59 Å². The van der Waals surface area contributed by atoms with Crippen LogP contribution < -0.4 is 5.32 Å². The van der Waals surface area contributed by atoms with Gasteiger partial charge in [0.1, 0.15) is 6.04 Å². The molecule has 0 saturated carbocycles. The first kappa shape index (κ1) is 22.0. The third kappa shape index (κ3) is 6.38. The molecule has 2 rings (SSSR count). The van der Waals surface area contributed by atoms with E-state index in [1.165, 1.54) is 0 Å². The fraction of sp³-hybridized carbons (Fsp3) is 0.391. The van der Waals surface area contributed by atoms with Crippen molar-refractivity contribution in [2.24, 2.45) is 0 Å². The van der Waals surface area contributed by atoms with Crippen molar-refractivity contribution in [1.29, 1.82) is 0 Å². The monoisotopic (exact) mass is 400 g/mol. The molecule has 1 atom stereocenters. The Hall–Kier alpha value is -2.33. The first-order chi connectivity index (χ1) is 13.4. The van der Waals surface area contributed by atoms with Crippen LogP contribution in [0.4, 0.5) is 0 Å². The largest absolute Gasteiger partial charge is 0.352 e. The van der Waals surface area contributed by atoms with Gasteiger partial charge in [0.2, 0.25) is 11.8 Å². The van der Waals surface area contributed by atoms with E-state index in [1.807, 2.05) is 75.4 Å². The van der Waals surface area contributed by atoms with Crippen LogP contribution in [0.25, 0.3) is 0 Å². The smallest absolute Gasteiger partial charge is 0.243 e. The number of carbonyl (C=O) groups excluding carboxylic acids is 2. The van der Waals surface area contributed by atoms with Crippen LogP contribution in [0.5, 0.6) is 0 Å². The maximum atomic E-state index is 13.1. The van der Waals surface area contributed by atoms with E-state index in [4.69, 9.17) is 11.6 Å².